The maximum absolute atomic E-state index is 6.00. The summed E-state index contributed by atoms with van der Waals surface area (Å²) in [7, 11) is -1.53. The van der Waals surface area contributed by atoms with Crippen LogP contribution in [0.15, 0.2) is 60.7 Å². The van der Waals surface area contributed by atoms with E-state index in [1.54, 1.807) is 0 Å². The first kappa shape index (κ1) is 13.7. The Bertz CT molecular complexity index is 417. The third-order valence-electron chi connectivity index (χ3n) is 3.08. The third-order valence-corrected chi connectivity index (χ3v) is 5.16. The van der Waals surface area contributed by atoms with E-state index in [0.717, 1.165) is 12.5 Å². The van der Waals surface area contributed by atoms with E-state index in [0.29, 0.717) is 5.92 Å². The summed E-state index contributed by atoms with van der Waals surface area (Å²) in [6.07, 6.45) is 1.03. The van der Waals surface area contributed by atoms with Gasteiger partial charge in [-0.2, -0.15) is 22.2 Å². The van der Waals surface area contributed by atoms with Crippen LogP contribution in [0.3, 0.4) is 0 Å². The largest absolute Gasteiger partial charge is 0.237 e. The first-order chi connectivity index (χ1) is 8.77. The van der Waals surface area contributed by atoms with Crippen LogP contribution in [-0.4, -0.2) is 7.42 Å². The standard InChI is InChI=1S/C15H16Cl2Si/c16-18(17)12-11-15(13-7-3-1-4-8-13)14-9-5-2-6-10-14/h1-10,15,18H,11-12H2. The molecule has 0 atom stereocenters. The van der Waals surface area contributed by atoms with Gasteiger partial charge in [-0.15, -0.1) is 0 Å². The summed E-state index contributed by atoms with van der Waals surface area (Å²) < 4.78 is 0. The zero-order chi connectivity index (χ0) is 12.8. The predicted octanol–water partition coefficient (Wildman–Crippen LogP) is 4.91. The van der Waals surface area contributed by atoms with Crippen LogP contribution >= 0.6 is 22.2 Å². The number of hydrogen-bond donors (Lipinski definition) is 0. The van der Waals surface area contributed by atoms with Gasteiger partial charge >= 0.3 is 0 Å². The molecule has 0 saturated carbocycles. The first-order valence-corrected chi connectivity index (χ1v) is 10.5. The predicted molar refractivity (Wildman–Crippen MR) is 83.0 cm³/mol. The van der Waals surface area contributed by atoms with Crippen LogP contribution < -0.4 is 0 Å². The van der Waals surface area contributed by atoms with Crippen molar-refractivity contribution in [1.29, 1.82) is 0 Å². The molecule has 0 N–H and O–H groups in total. The van der Waals surface area contributed by atoms with E-state index in [2.05, 4.69) is 48.5 Å². The molecule has 2 aromatic carbocycles. The molecule has 0 aliphatic carbocycles. The number of rotatable bonds is 5. The average molecular weight is 295 g/mol. The van der Waals surface area contributed by atoms with Crippen LogP contribution in [0.1, 0.15) is 23.5 Å². The van der Waals surface area contributed by atoms with E-state index < -0.39 is 7.42 Å². The minimum Gasteiger partial charge on any atom is -0.150 e. The van der Waals surface area contributed by atoms with Crippen LogP contribution in [-0.2, 0) is 0 Å². The summed E-state index contributed by atoms with van der Waals surface area (Å²) in [5, 5.41) is 0. The van der Waals surface area contributed by atoms with Gasteiger partial charge in [-0.25, -0.2) is 0 Å². The number of hydrogen-bond acceptors (Lipinski definition) is 0. The molecule has 0 unspecified atom stereocenters. The summed E-state index contributed by atoms with van der Waals surface area (Å²) in [6, 6.07) is 22.1. The Kier molecular flexibility index (Phi) is 5.30. The smallest absolute Gasteiger partial charge is 0.150 e. The molecule has 0 aliphatic rings. The maximum atomic E-state index is 6.00. The van der Waals surface area contributed by atoms with Crippen molar-refractivity contribution in [3.8, 4) is 0 Å². The highest BCUT2D eigenvalue weighted by molar-refractivity contribution is 7.33. The monoisotopic (exact) mass is 294 g/mol. The second-order valence-corrected chi connectivity index (χ2v) is 9.53. The van der Waals surface area contributed by atoms with Gasteiger partial charge in [0, 0.05) is 5.92 Å². The lowest BCUT2D eigenvalue weighted by molar-refractivity contribution is 0.774. The molecular weight excluding hydrogens is 279 g/mol. The zero-order valence-corrected chi connectivity index (χ0v) is 12.8. The Morgan fingerprint density at radius 2 is 1.22 bits per heavy atom. The zero-order valence-electron chi connectivity index (χ0n) is 10.1. The van der Waals surface area contributed by atoms with Gasteiger partial charge in [-0.1, -0.05) is 60.7 Å². The normalized spacial score (nSPS) is 11.1. The molecule has 0 spiro atoms. The Labute approximate surface area is 120 Å². The van der Waals surface area contributed by atoms with E-state index in [-0.39, 0.29) is 0 Å². The second kappa shape index (κ2) is 6.98. The summed E-state index contributed by atoms with van der Waals surface area (Å²) >= 11 is 12.0. The summed E-state index contributed by atoms with van der Waals surface area (Å²) in [6.45, 7) is 0. The fraction of sp³-hybridized carbons (Fsp3) is 0.200. The number of halogens is 2. The van der Waals surface area contributed by atoms with Gasteiger partial charge in [0.1, 0.15) is 0 Å². The lowest BCUT2D eigenvalue weighted by Crippen LogP contribution is -2.04. The van der Waals surface area contributed by atoms with Crippen molar-refractivity contribution in [1.82, 2.24) is 0 Å². The van der Waals surface area contributed by atoms with E-state index in [9.17, 15) is 0 Å². The van der Waals surface area contributed by atoms with Gasteiger partial charge < -0.3 is 0 Å². The Hall–Kier alpha value is -0.763. The molecular formula is C15H16Cl2Si. The second-order valence-electron chi connectivity index (χ2n) is 4.34. The fourth-order valence-electron chi connectivity index (χ4n) is 2.19. The van der Waals surface area contributed by atoms with Crippen LogP contribution in [0, 0.1) is 0 Å². The van der Waals surface area contributed by atoms with Crippen molar-refractivity contribution in [3.63, 3.8) is 0 Å². The van der Waals surface area contributed by atoms with Crippen molar-refractivity contribution in [3.05, 3.63) is 71.8 Å². The summed E-state index contributed by atoms with van der Waals surface area (Å²) in [4.78, 5) is 0. The lowest BCUT2D eigenvalue weighted by atomic mass is 9.89. The minimum absolute atomic E-state index is 0.403. The lowest BCUT2D eigenvalue weighted by Gasteiger charge is -2.18. The molecule has 3 heteroatoms. The number of benzene rings is 2. The van der Waals surface area contributed by atoms with Crippen LogP contribution in [0.25, 0.3) is 0 Å². The van der Waals surface area contributed by atoms with Gasteiger partial charge in [0.15, 0.2) is 0 Å². The highest BCUT2D eigenvalue weighted by Crippen LogP contribution is 2.30. The molecule has 94 valence electrons. The molecule has 0 nitrogen and oxygen atoms in total. The molecule has 0 amide bonds. The summed E-state index contributed by atoms with van der Waals surface area (Å²) in [5.41, 5.74) is 2.68. The van der Waals surface area contributed by atoms with Gasteiger partial charge in [-0.3, -0.25) is 0 Å². The quantitative estimate of drug-likeness (QED) is 0.543. The van der Waals surface area contributed by atoms with Crippen LogP contribution in [0.5, 0.6) is 0 Å². The van der Waals surface area contributed by atoms with Crippen LogP contribution in [0.4, 0.5) is 0 Å². The SMILES string of the molecule is Cl[SiH](Cl)CCC(c1ccccc1)c1ccccc1. The summed E-state index contributed by atoms with van der Waals surface area (Å²) in [5.74, 6) is 0.403. The van der Waals surface area contributed by atoms with E-state index in [1.165, 1.54) is 11.1 Å². The molecule has 2 aromatic rings. The van der Waals surface area contributed by atoms with Crippen molar-refractivity contribution < 1.29 is 0 Å². The average Bonchev–Trinajstić information content (AvgIpc) is 2.41. The Morgan fingerprint density at radius 1 is 0.778 bits per heavy atom. The third kappa shape index (κ3) is 3.87. The highest BCUT2D eigenvalue weighted by atomic mass is 35.7. The van der Waals surface area contributed by atoms with Gasteiger partial charge in [0.25, 0.3) is 0 Å². The van der Waals surface area contributed by atoms with Crippen molar-refractivity contribution in [2.24, 2.45) is 0 Å². The first-order valence-electron chi connectivity index (χ1n) is 6.15. The molecule has 0 aromatic heterocycles. The molecule has 0 saturated heterocycles. The Morgan fingerprint density at radius 3 is 1.61 bits per heavy atom. The Balaban J connectivity index is 2.24. The van der Waals surface area contributed by atoms with Crippen molar-refractivity contribution in [2.45, 2.75) is 18.4 Å². The van der Waals surface area contributed by atoms with E-state index in [4.69, 9.17) is 22.2 Å². The molecule has 0 bridgehead atoms. The topological polar surface area (TPSA) is 0 Å². The van der Waals surface area contributed by atoms with Crippen molar-refractivity contribution in [2.75, 3.05) is 0 Å². The minimum atomic E-state index is -1.53. The van der Waals surface area contributed by atoms with E-state index >= 15 is 0 Å². The highest BCUT2D eigenvalue weighted by Gasteiger charge is 2.15. The fourth-order valence-corrected chi connectivity index (χ4v) is 3.53. The molecule has 2 rings (SSSR count). The van der Waals surface area contributed by atoms with Gasteiger partial charge in [0.2, 0.25) is 7.42 Å². The van der Waals surface area contributed by atoms with Gasteiger partial charge in [-0.05, 0) is 23.6 Å². The molecule has 0 radical (unpaired) electrons. The van der Waals surface area contributed by atoms with Crippen molar-refractivity contribution >= 4 is 29.6 Å². The van der Waals surface area contributed by atoms with E-state index in [1.807, 2.05) is 12.1 Å². The van der Waals surface area contributed by atoms with Gasteiger partial charge in [0.05, 0.1) is 0 Å². The molecule has 18 heavy (non-hydrogen) atoms. The molecule has 0 fully saturated rings. The molecule has 0 aliphatic heterocycles. The van der Waals surface area contributed by atoms with Crippen LogP contribution in [0.2, 0.25) is 6.04 Å². The maximum Gasteiger partial charge on any atom is 0.237 e. The molecule has 0 heterocycles.